The van der Waals surface area contributed by atoms with Crippen molar-refractivity contribution >= 4 is 21.7 Å². The summed E-state index contributed by atoms with van der Waals surface area (Å²) < 4.78 is 38.5. The van der Waals surface area contributed by atoms with Gasteiger partial charge in [-0.3, -0.25) is 4.68 Å². The number of nitrogens with zero attached hydrogens (tertiary/aromatic N) is 2. The molecule has 2 rings (SSSR count). The molecule has 1 aromatic carbocycles. The molecule has 0 aliphatic carbocycles. The molecule has 142 valence electrons. The van der Waals surface area contributed by atoms with Crippen molar-refractivity contribution in [2.45, 2.75) is 31.8 Å². The summed E-state index contributed by atoms with van der Waals surface area (Å²) in [7, 11) is -1.24. The van der Waals surface area contributed by atoms with Crippen molar-refractivity contribution in [3.05, 3.63) is 30.0 Å². The van der Waals surface area contributed by atoms with Gasteiger partial charge in [-0.1, -0.05) is 0 Å². The van der Waals surface area contributed by atoms with E-state index in [1.54, 1.807) is 12.1 Å². The van der Waals surface area contributed by atoms with Gasteiger partial charge in [-0.25, -0.2) is 9.52 Å². The Balaban J connectivity index is 2.23. The lowest BCUT2D eigenvalue weighted by Crippen LogP contribution is -2.35. The van der Waals surface area contributed by atoms with Gasteiger partial charge in [-0.15, -0.1) is 0 Å². The Kier molecular flexibility index (Phi) is 5.76. The van der Waals surface area contributed by atoms with Gasteiger partial charge in [-0.05, 0) is 44.5 Å². The molecule has 0 aliphatic rings. The second kappa shape index (κ2) is 7.65. The highest BCUT2D eigenvalue weighted by Gasteiger charge is 2.23. The number of sulfonamides is 1. The van der Waals surface area contributed by atoms with E-state index in [0.29, 0.717) is 11.5 Å². The fourth-order valence-electron chi connectivity index (χ4n) is 2.23. The van der Waals surface area contributed by atoms with E-state index in [1.807, 2.05) is 25.5 Å². The molecular formula is C16H22N4O5S. The Morgan fingerprint density at radius 2 is 1.77 bits per heavy atom. The van der Waals surface area contributed by atoms with E-state index >= 15 is 0 Å². The zero-order chi connectivity index (χ0) is 19.5. The minimum atomic E-state index is -4.12. The van der Waals surface area contributed by atoms with Crippen LogP contribution >= 0.6 is 0 Å². The maximum absolute atomic E-state index is 12.3. The predicted molar refractivity (Wildman–Crippen MR) is 96.2 cm³/mol. The van der Waals surface area contributed by atoms with Crippen LogP contribution in [0.25, 0.3) is 0 Å². The van der Waals surface area contributed by atoms with E-state index in [0.717, 1.165) is 5.56 Å². The second-order valence-corrected chi connectivity index (χ2v) is 7.46. The minimum absolute atomic E-state index is 0.00569. The Hall–Kier alpha value is -2.75. The first-order valence-corrected chi connectivity index (χ1v) is 9.28. The molecule has 2 amide bonds. The lowest BCUT2D eigenvalue weighted by molar-refractivity contribution is 0.256. The SMILES string of the molecule is COc1cc(C)cc(OC)c1NC(=O)NS(=O)(=O)c1ccn(C(C)C)n1. The van der Waals surface area contributed by atoms with Crippen LogP contribution in [-0.2, 0) is 10.0 Å². The van der Waals surface area contributed by atoms with Gasteiger partial charge in [0.05, 0.1) is 14.2 Å². The van der Waals surface area contributed by atoms with Crippen LogP contribution < -0.4 is 19.5 Å². The molecular weight excluding hydrogens is 360 g/mol. The first-order valence-electron chi connectivity index (χ1n) is 7.79. The smallest absolute Gasteiger partial charge is 0.333 e. The van der Waals surface area contributed by atoms with Crippen LogP contribution in [0.1, 0.15) is 25.5 Å². The van der Waals surface area contributed by atoms with Crippen LogP contribution in [0.3, 0.4) is 0 Å². The third-order valence-electron chi connectivity index (χ3n) is 3.50. The summed E-state index contributed by atoms with van der Waals surface area (Å²) >= 11 is 0. The molecule has 0 aliphatic heterocycles. The number of benzene rings is 1. The highest BCUT2D eigenvalue weighted by Crippen LogP contribution is 2.35. The molecule has 2 aromatic rings. The largest absolute Gasteiger partial charge is 0.494 e. The molecule has 1 aromatic heterocycles. The predicted octanol–water partition coefficient (Wildman–Crippen LogP) is 2.30. The number of amides is 2. The van der Waals surface area contributed by atoms with Gasteiger partial charge in [0.1, 0.15) is 17.2 Å². The van der Waals surface area contributed by atoms with E-state index in [-0.39, 0.29) is 16.8 Å². The van der Waals surface area contributed by atoms with Gasteiger partial charge in [0.15, 0.2) is 5.03 Å². The number of urea groups is 1. The number of carbonyl (C=O) groups excluding carboxylic acids is 1. The lowest BCUT2D eigenvalue weighted by Gasteiger charge is -2.15. The van der Waals surface area contributed by atoms with Crippen LogP contribution in [0.15, 0.2) is 29.4 Å². The number of nitrogens with one attached hydrogen (secondary N) is 2. The molecule has 0 fully saturated rings. The zero-order valence-electron chi connectivity index (χ0n) is 15.2. The highest BCUT2D eigenvalue weighted by molar-refractivity contribution is 7.90. The van der Waals surface area contributed by atoms with Crippen molar-refractivity contribution in [2.75, 3.05) is 19.5 Å². The summed E-state index contributed by atoms with van der Waals surface area (Å²) in [5, 5.41) is 6.16. The molecule has 10 heteroatoms. The summed E-state index contributed by atoms with van der Waals surface area (Å²) in [6.07, 6.45) is 1.53. The monoisotopic (exact) mass is 382 g/mol. The van der Waals surface area contributed by atoms with Crippen LogP contribution in [-0.4, -0.2) is 38.4 Å². The van der Waals surface area contributed by atoms with E-state index in [4.69, 9.17) is 9.47 Å². The molecule has 26 heavy (non-hydrogen) atoms. The maximum atomic E-state index is 12.3. The van der Waals surface area contributed by atoms with Gasteiger partial charge in [0.2, 0.25) is 0 Å². The van der Waals surface area contributed by atoms with Crippen molar-refractivity contribution in [1.82, 2.24) is 14.5 Å². The number of hydrogen-bond acceptors (Lipinski definition) is 6. The number of methoxy groups -OCH3 is 2. The van der Waals surface area contributed by atoms with E-state index in [9.17, 15) is 13.2 Å². The topological polar surface area (TPSA) is 112 Å². The number of anilines is 1. The maximum Gasteiger partial charge on any atom is 0.333 e. The average Bonchev–Trinajstić information content (AvgIpc) is 3.06. The normalized spacial score (nSPS) is 11.3. The van der Waals surface area contributed by atoms with Crippen LogP contribution in [0.2, 0.25) is 0 Å². The Morgan fingerprint density at radius 1 is 1.19 bits per heavy atom. The summed E-state index contributed by atoms with van der Waals surface area (Å²) in [5.41, 5.74) is 1.08. The van der Waals surface area contributed by atoms with Gasteiger partial charge in [-0.2, -0.15) is 13.5 Å². The van der Waals surface area contributed by atoms with E-state index in [1.165, 1.54) is 31.2 Å². The van der Waals surface area contributed by atoms with Crippen molar-refractivity contribution in [2.24, 2.45) is 0 Å². The standard InChI is InChI=1S/C16H22N4O5S/c1-10(2)20-7-6-14(18-20)26(22,23)19-16(21)17-15-12(24-4)8-11(3)9-13(15)25-5/h6-10H,1-5H3,(H2,17,19,21). The second-order valence-electron chi connectivity index (χ2n) is 5.83. The van der Waals surface area contributed by atoms with Crippen LogP contribution in [0, 0.1) is 6.92 Å². The highest BCUT2D eigenvalue weighted by atomic mass is 32.2. The van der Waals surface area contributed by atoms with Gasteiger partial charge in [0, 0.05) is 12.2 Å². The van der Waals surface area contributed by atoms with Crippen molar-refractivity contribution in [3.8, 4) is 11.5 Å². The quantitative estimate of drug-likeness (QED) is 0.793. The fraction of sp³-hybridized carbons (Fsp3) is 0.375. The number of rotatable bonds is 6. The molecule has 9 nitrogen and oxygen atoms in total. The molecule has 0 unspecified atom stereocenters. The van der Waals surface area contributed by atoms with Gasteiger partial charge in [0.25, 0.3) is 10.0 Å². The zero-order valence-corrected chi connectivity index (χ0v) is 16.0. The number of aromatic nitrogens is 2. The molecule has 0 radical (unpaired) electrons. The lowest BCUT2D eigenvalue weighted by atomic mass is 10.2. The van der Waals surface area contributed by atoms with Crippen molar-refractivity contribution in [1.29, 1.82) is 0 Å². The molecule has 0 bridgehead atoms. The number of hydrogen-bond donors (Lipinski definition) is 2. The van der Waals surface area contributed by atoms with E-state index in [2.05, 4.69) is 10.4 Å². The molecule has 0 saturated heterocycles. The van der Waals surface area contributed by atoms with Crippen LogP contribution in [0.4, 0.5) is 10.5 Å². The summed E-state index contributed by atoms with van der Waals surface area (Å²) in [6, 6.07) is 3.75. The van der Waals surface area contributed by atoms with Crippen molar-refractivity contribution < 1.29 is 22.7 Å². The average molecular weight is 382 g/mol. The summed E-state index contributed by atoms with van der Waals surface area (Å²) in [6.45, 7) is 5.56. The third-order valence-corrected chi connectivity index (χ3v) is 4.73. The minimum Gasteiger partial charge on any atom is -0.494 e. The third kappa shape index (κ3) is 4.26. The van der Waals surface area contributed by atoms with E-state index < -0.39 is 16.1 Å². The van der Waals surface area contributed by atoms with Crippen molar-refractivity contribution in [3.63, 3.8) is 0 Å². The first kappa shape index (κ1) is 19.6. The Bertz CT molecular complexity index is 880. The fourth-order valence-corrected chi connectivity index (χ4v) is 3.07. The summed E-state index contributed by atoms with van der Waals surface area (Å²) in [5.74, 6) is 0.692. The van der Waals surface area contributed by atoms with Gasteiger partial charge < -0.3 is 14.8 Å². The van der Waals surface area contributed by atoms with Crippen LogP contribution in [0.5, 0.6) is 11.5 Å². The Morgan fingerprint density at radius 3 is 2.23 bits per heavy atom. The molecule has 2 N–H and O–H groups in total. The Labute approximate surface area is 152 Å². The summed E-state index contributed by atoms with van der Waals surface area (Å²) in [4.78, 5) is 12.2. The molecule has 0 spiro atoms. The number of aryl methyl sites for hydroxylation is 1. The first-order chi connectivity index (χ1) is 12.2. The molecule has 1 heterocycles. The van der Waals surface area contributed by atoms with Gasteiger partial charge >= 0.3 is 6.03 Å². The number of ether oxygens (including phenoxy) is 2. The molecule has 0 atom stereocenters. The number of carbonyl (C=O) groups is 1. The molecule has 0 saturated carbocycles.